The topological polar surface area (TPSA) is 133 Å². The van der Waals surface area contributed by atoms with Crippen LogP contribution in [0.25, 0.3) is 0 Å². The van der Waals surface area contributed by atoms with E-state index in [0.29, 0.717) is 36.9 Å². The number of hydrogen-bond donors (Lipinski definition) is 4. The van der Waals surface area contributed by atoms with Crippen molar-refractivity contribution in [3.63, 3.8) is 0 Å². The first-order chi connectivity index (χ1) is 17.1. The van der Waals surface area contributed by atoms with Crippen LogP contribution >= 0.6 is 11.6 Å². The van der Waals surface area contributed by atoms with E-state index in [9.17, 15) is 27.2 Å². The number of amides is 2. The van der Waals surface area contributed by atoms with Crippen molar-refractivity contribution in [2.45, 2.75) is 43.5 Å². The average Bonchev–Trinajstić information content (AvgIpc) is 2.84. The quantitative estimate of drug-likeness (QED) is 0.327. The van der Waals surface area contributed by atoms with Crippen LogP contribution in [0, 0.1) is 5.82 Å². The summed E-state index contributed by atoms with van der Waals surface area (Å²) in [7, 11) is -3.88. The van der Waals surface area contributed by atoms with Gasteiger partial charge >= 0.3 is 6.03 Å². The molecule has 12 heteroatoms. The molecule has 0 aromatic heterocycles. The second-order valence-electron chi connectivity index (χ2n) is 8.68. The summed E-state index contributed by atoms with van der Waals surface area (Å²) in [5.41, 5.74) is -0.994. The van der Waals surface area contributed by atoms with Crippen molar-refractivity contribution in [3.05, 3.63) is 85.4 Å². The SMILES string of the molecule is O=C(Nc1ccc(F)c(Cl)c1)NC1CCC(Nc2c(NS(=O)(=O)Cc3ccccc3)c(=O)c2=O)CC1. The Labute approximate surface area is 211 Å². The number of carbonyl (C=O) groups excluding carboxylic acids is 1. The lowest BCUT2D eigenvalue weighted by Gasteiger charge is -2.31. The van der Waals surface area contributed by atoms with Gasteiger partial charge in [0.25, 0.3) is 10.9 Å². The van der Waals surface area contributed by atoms with E-state index in [4.69, 9.17) is 11.6 Å². The summed E-state index contributed by atoms with van der Waals surface area (Å²) in [6.07, 6.45) is 2.37. The molecule has 9 nitrogen and oxygen atoms in total. The van der Waals surface area contributed by atoms with Crippen LogP contribution in [-0.2, 0) is 15.8 Å². The highest BCUT2D eigenvalue weighted by atomic mass is 35.5. The molecule has 4 rings (SSSR count). The first-order valence-corrected chi connectivity index (χ1v) is 13.3. The Balaban J connectivity index is 1.29. The largest absolute Gasteiger partial charge is 0.377 e. The fraction of sp³-hybridized carbons (Fsp3) is 0.292. The molecule has 0 atom stereocenters. The zero-order valence-corrected chi connectivity index (χ0v) is 20.6. The summed E-state index contributed by atoms with van der Waals surface area (Å²) < 4.78 is 40.5. The van der Waals surface area contributed by atoms with E-state index in [-0.39, 0.29) is 34.2 Å². The molecule has 0 heterocycles. The van der Waals surface area contributed by atoms with Gasteiger partial charge in [-0.2, -0.15) is 0 Å². The maximum Gasteiger partial charge on any atom is 0.319 e. The highest BCUT2D eigenvalue weighted by Gasteiger charge is 2.29. The van der Waals surface area contributed by atoms with Crippen molar-refractivity contribution in [1.82, 2.24) is 5.32 Å². The van der Waals surface area contributed by atoms with Crippen LogP contribution < -0.4 is 31.5 Å². The molecule has 1 aliphatic carbocycles. The number of sulfonamides is 1. The fourth-order valence-corrected chi connectivity index (χ4v) is 5.51. The van der Waals surface area contributed by atoms with Crippen molar-refractivity contribution in [1.29, 1.82) is 0 Å². The first kappa shape index (κ1) is 25.6. The molecule has 0 bridgehead atoms. The van der Waals surface area contributed by atoms with Gasteiger partial charge in [0.05, 0.1) is 10.8 Å². The second-order valence-corrected chi connectivity index (χ2v) is 10.8. The third-order valence-electron chi connectivity index (χ3n) is 5.96. The number of anilines is 3. The van der Waals surface area contributed by atoms with Crippen LogP contribution in [0.4, 0.5) is 26.2 Å². The molecular weight excluding hydrogens is 511 g/mol. The number of rotatable bonds is 8. The van der Waals surface area contributed by atoms with E-state index < -0.39 is 32.7 Å². The lowest BCUT2D eigenvalue weighted by molar-refractivity contribution is 0.243. The third kappa shape index (κ3) is 6.21. The molecule has 1 fully saturated rings. The Morgan fingerprint density at radius 1 is 0.944 bits per heavy atom. The number of urea groups is 1. The predicted octanol–water partition coefficient (Wildman–Crippen LogP) is 3.56. The Morgan fingerprint density at radius 3 is 2.25 bits per heavy atom. The molecular formula is C24H24ClFN4O5S. The van der Waals surface area contributed by atoms with Gasteiger partial charge in [0, 0.05) is 17.8 Å². The van der Waals surface area contributed by atoms with E-state index >= 15 is 0 Å². The second kappa shape index (κ2) is 10.7. The van der Waals surface area contributed by atoms with Gasteiger partial charge in [-0.25, -0.2) is 17.6 Å². The zero-order chi connectivity index (χ0) is 25.9. The standard InChI is InChI=1S/C24H24ClFN4O5S/c25-18-12-17(10-11-19(18)26)29-24(33)28-16-8-6-15(7-9-16)27-20-21(23(32)22(20)31)30-36(34,35)13-14-4-2-1-3-5-14/h1-5,10-12,15-16,27,30H,6-9,13H2,(H2,28,29,33). The van der Waals surface area contributed by atoms with E-state index in [1.54, 1.807) is 30.3 Å². The van der Waals surface area contributed by atoms with Crippen molar-refractivity contribution in [2.75, 3.05) is 15.4 Å². The van der Waals surface area contributed by atoms with Gasteiger partial charge in [-0.15, -0.1) is 0 Å². The average molecular weight is 535 g/mol. The van der Waals surface area contributed by atoms with Crippen LogP contribution in [0.2, 0.25) is 5.02 Å². The summed E-state index contributed by atoms with van der Waals surface area (Å²) >= 11 is 5.72. The monoisotopic (exact) mass is 534 g/mol. The Kier molecular flexibility index (Phi) is 7.60. The Morgan fingerprint density at radius 2 is 1.58 bits per heavy atom. The summed E-state index contributed by atoms with van der Waals surface area (Å²) in [6.45, 7) is 0. The minimum absolute atomic E-state index is 0.0287. The number of carbonyl (C=O) groups is 1. The maximum absolute atomic E-state index is 13.3. The number of benzene rings is 2. The van der Waals surface area contributed by atoms with Gasteiger partial charge in [0.2, 0.25) is 10.0 Å². The summed E-state index contributed by atoms with van der Waals surface area (Å²) in [5, 5.41) is 8.35. The lowest BCUT2D eigenvalue weighted by Crippen LogP contribution is -2.44. The van der Waals surface area contributed by atoms with Gasteiger partial charge in [-0.1, -0.05) is 41.9 Å². The molecule has 3 aromatic rings. The van der Waals surface area contributed by atoms with Gasteiger partial charge in [0.15, 0.2) is 0 Å². The Hall–Kier alpha value is -3.44. The van der Waals surface area contributed by atoms with E-state index in [1.807, 2.05) is 0 Å². The zero-order valence-electron chi connectivity index (χ0n) is 19.0. The minimum atomic E-state index is -3.88. The van der Waals surface area contributed by atoms with E-state index in [2.05, 4.69) is 20.7 Å². The molecule has 0 unspecified atom stereocenters. The van der Waals surface area contributed by atoms with Gasteiger partial charge < -0.3 is 16.0 Å². The maximum atomic E-state index is 13.3. The highest BCUT2D eigenvalue weighted by molar-refractivity contribution is 7.91. The summed E-state index contributed by atoms with van der Waals surface area (Å²) in [4.78, 5) is 36.4. The highest BCUT2D eigenvalue weighted by Crippen LogP contribution is 2.25. The molecule has 0 spiro atoms. The number of nitrogens with one attached hydrogen (secondary N) is 4. The van der Waals surface area contributed by atoms with Crippen LogP contribution in [-0.4, -0.2) is 26.5 Å². The van der Waals surface area contributed by atoms with Crippen LogP contribution in [0.3, 0.4) is 0 Å². The van der Waals surface area contributed by atoms with Crippen molar-refractivity contribution >= 4 is 44.7 Å². The van der Waals surface area contributed by atoms with Gasteiger partial charge in [0.1, 0.15) is 17.2 Å². The smallest absolute Gasteiger partial charge is 0.319 e. The summed E-state index contributed by atoms with van der Waals surface area (Å²) in [5.74, 6) is -0.905. The summed E-state index contributed by atoms with van der Waals surface area (Å²) in [6, 6.07) is 11.6. The lowest BCUT2D eigenvalue weighted by atomic mass is 9.91. The van der Waals surface area contributed by atoms with E-state index in [1.165, 1.54) is 12.1 Å². The molecule has 4 N–H and O–H groups in total. The molecule has 3 aromatic carbocycles. The Bertz CT molecular complexity index is 1430. The van der Waals surface area contributed by atoms with Crippen LogP contribution in [0.15, 0.2) is 58.1 Å². The molecule has 0 saturated heterocycles. The van der Waals surface area contributed by atoms with Crippen LogP contribution in [0.1, 0.15) is 31.2 Å². The fourth-order valence-electron chi connectivity index (χ4n) is 4.12. The number of halogens is 2. The minimum Gasteiger partial charge on any atom is -0.377 e. The van der Waals surface area contributed by atoms with Crippen molar-refractivity contribution < 1.29 is 17.6 Å². The molecule has 0 aliphatic heterocycles. The molecule has 1 saturated carbocycles. The molecule has 1 aliphatic rings. The molecule has 36 heavy (non-hydrogen) atoms. The van der Waals surface area contributed by atoms with Crippen LogP contribution in [0.5, 0.6) is 0 Å². The molecule has 190 valence electrons. The molecule has 2 amide bonds. The molecule has 0 radical (unpaired) electrons. The van der Waals surface area contributed by atoms with Crippen molar-refractivity contribution in [3.8, 4) is 0 Å². The predicted molar refractivity (Wildman–Crippen MR) is 137 cm³/mol. The first-order valence-electron chi connectivity index (χ1n) is 11.3. The number of hydrogen-bond acceptors (Lipinski definition) is 6. The third-order valence-corrected chi connectivity index (χ3v) is 7.47. The van der Waals surface area contributed by atoms with E-state index in [0.717, 1.165) is 6.07 Å². The van der Waals surface area contributed by atoms with Crippen molar-refractivity contribution in [2.24, 2.45) is 0 Å². The normalized spacial score (nSPS) is 17.9. The van der Waals surface area contributed by atoms with Gasteiger partial charge in [-0.05, 0) is 49.4 Å². The van der Waals surface area contributed by atoms with Gasteiger partial charge in [-0.3, -0.25) is 14.3 Å².